The number of aryl methyl sites for hydroxylation is 1. The zero-order chi connectivity index (χ0) is 15.0. The SMILES string of the molecule is Cc1nc(CN(C)c2cc3nc[nH]c(=O)c3cc2N)cs1. The van der Waals surface area contributed by atoms with Crippen molar-refractivity contribution in [3.63, 3.8) is 0 Å². The number of nitrogens with one attached hydrogen (secondary N) is 1. The van der Waals surface area contributed by atoms with Gasteiger partial charge in [0, 0.05) is 12.4 Å². The largest absolute Gasteiger partial charge is 0.397 e. The Morgan fingerprint density at radius 1 is 1.43 bits per heavy atom. The van der Waals surface area contributed by atoms with Crippen LogP contribution in [0, 0.1) is 6.92 Å². The van der Waals surface area contributed by atoms with Crippen LogP contribution in [0.4, 0.5) is 11.4 Å². The summed E-state index contributed by atoms with van der Waals surface area (Å²) in [7, 11) is 1.94. The number of thiazole rings is 1. The van der Waals surface area contributed by atoms with Gasteiger partial charge in [-0.25, -0.2) is 9.97 Å². The third kappa shape index (κ3) is 2.59. The van der Waals surface area contributed by atoms with E-state index in [2.05, 4.69) is 15.0 Å². The molecule has 0 saturated carbocycles. The fraction of sp³-hybridized carbons (Fsp3) is 0.214. The quantitative estimate of drug-likeness (QED) is 0.721. The molecule has 3 aromatic rings. The van der Waals surface area contributed by atoms with Gasteiger partial charge in [-0.2, -0.15) is 0 Å². The molecular weight excluding hydrogens is 286 g/mol. The van der Waals surface area contributed by atoms with Crippen molar-refractivity contribution >= 4 is 33.6 Å². The third-order valence-corrected chi connectivity index (χ3v) is 4.09. The number of aromatic nitrogens is 3. The van der Waals surface area contributed by atoms with Crippen LogP contribution >= 0.6 is 11.3 Å². The minimum Gasteiger partial charge on any atom is -0.397 e. The van der Waals surface area contributed by atoms with E-state index < -0.39 is 0 Å². The molecule has 2 aromatic heterocycles. The second kappa shape index (κ2) is 5.17. The molecule has 3 N–H and O–H groups in total. The minimum absolute atomic E-state index is 0.184. The van der Waals surface area contributed by atoms with E-state index in [1.165, 1.54) is 6.33 Å². The number of nitrogens with zero attached hydrogens (tertiary/aromatic N) is 3. The van der Waals surface area contributed by atoms with Gasteiger partial charge in [0.2, 0.25) is 0 Å². The van der Waals surface area contributed by atoms with Crippen molar-refractivity contribution in [2.45, 2.75) is 13.5 Å². The molecule has 0 atom stereocenters. The van der Waals surface area contributed by atoms with Crippen molar-refractivity contribution in [1.29, 1.82) is 0 Å². The first-order chi connectivity index (χ1) is 10.0. The Balaban J connectivity index is 1.99. The van der Waals surface area contributed by atoms with Crippen molar-refractivity contribution in [1.82, 2.24) is 15.0 Å². The van der Waals surface area contributed by atoms with E-state index in [0.29, 0.717) is 23.1 Å². The molecule has 0 aliphatic carbocycles. The molecule has 7 heteroatoms. The van der Waals surface area contributed by atoms with Crippen molar-refractivity contribution < 1.29 is 0 Å². The monoisotopic (exact) mass is 301 g/mol. The maximum absolute atomic E-state index is 11.7. The average molecular weight is 301 g/mol. The lowest BCUT2D eigenvalue weighted by molar-refractivity contribution is 0.892. The van der Waals surface area contributed by atoms with Crippen LogP contribution in [0.15, 0.2) is 28.6 Å². The fourth-order valence-electron chi connectivity index (χ4n) is 2.26. The predicted molar refractivity (Wildman–Crippen MR) is 85.7 cm³/mol. The molecule has 0 spiro atoms. The molecule has 0 unspecified atom stereocenters. The second-order valence-corrected chi connectivity index (χ2v) is 5.94. The number of fused-ring (bicyclic) bond motifs is 1. The summed E-state index contributed by atoms with van der Waals surface area (Å²) in [5.41, 5.74) is 8.91. The van der Waals surface area contributed by atoms with Gasteiger partial charge in [0.15, 0.2) is 0 Å². The van der Waals surface area contributed by atoms with E-state index in [1.807, 2.05) is 30.3 Å². The standard InChI is InChI=1S/C14H15N5OS/c1-8-18-9(6-21-8)5-19(2)13-4-12-10(3-11(13)15)14(20)17-7-16-12/h3-4,6-7H,5,15H2,1-2H3,(H,16,17,20). The van der Waals surface area contributed by atoms with Crippen molar-refractivity contribution in [3.05, 3.63) is 44.9 Å². The van der Waals surface area contributed by atoms with E-state index in [0.717, 1.165) is 16.4 Å². The first-order valence-electron chi connectivity index (χ1n) is 6.43. The van der Waals surface area contributed by atoms with Gasteiger partial charge in [-0.05, 0) is 19.1 Å². The van der Waals surface area contributed by atoms with Gasteiger partial charge in [0.05, 0.1) is 45.9 Å². The molecule has 6 nitrogen and oxygen atoms in total. The molecule has 2 heterocycles. The topological polar surface area (TPSA) is 87.9 Å². The van der Waals surface area contributed by atoms with Crippen molar-refractivity contribution in [2.75, 3.05) is 17.7 Å². The van der Waals surface area contributed by atoms with Gasteiger partial charge >= 0.3 is 0 Å². The zero-order valence-corrected chi connectivity index (χ0v) is 12.6. The molecule has 21 heavy (non-hydrogen) atoms. The Kier molecular flexibility index (Phi) is 3.34. The van der Waals surface area contributed by atoms with Crippen molar-refractivity contribution in [3.8, 4) is 0 Å². The molecule has 3 rings (SSSR count). The lowest BCUT2D eigenvalue weighted by atomic mass is 10.1. The van der Waals surface area contributed by atoms with E-state index in [4.69, 9.17) is 5.73 Å². The fourth-order valence-corrected chi connectivity index (χ4v) is 2.86. The molecule has 1 aromatic carbocycles. The summed E-state index contributed by atoms with van der Waals surface area (Å²) in [6.07, 6.45) is 1.40. The first kappa shape index (κ1) is 13.6. The van der Waals surface area contributed by atoms with Gasteiger partial charge < -0.3 is 15.6 Å². The van der Waals surface area contributed by atoms with Crippen LogP contribution in [0.5, 0.6) is 0 Å². The van der Waals surface area contributed by atoms with E-state index >= 15 is 0 Å². The number of anilines is 2. The summed E-state index contributed by atoms with van der Waals surface area (Å²) in [6.45, 7) is 2.64. The Morgan fingerprint density at radius 3 is 2.95 bits per heavy atom. The number of hydrogen-bond donors (Lipinski definition) is 2. The molecular formula is C14H15N5OS. The highest BCUT2D eigenvalue weighted by molar-refractivity contribution is 7.09. The highest BCUT2D eigenvalue weighted by atomic mass is 32.1. The van der Waals surface area contributed by atoms with E-state index in [1.54, 1.807) is 17.4 Å². The number of benzene rings is 1. The number of hydrogen-bond acceptors (Lipinski definition) is 6. The lowest BCUT2D eigenvalue weighted by Gasteiger charge is -2.20. The average Bonchev–Trinajstić information content (AvgIpc) is 2.84. The van der Waals surface area contributed by atoms with E-state index in [9.17, 15) is 4.79 Å². The number of nitrogen functional groups attached to an aromatic ring is 1. The van der Waals surface area contributed by atoms with Crippen LogP contribution in [-0.4, -0.2) is 22.0 Å². The summed E-state index contributed by atoms with van der Waals surface area (Å²) in [5.74, 6) is 0. The molecule has 108 valence electrons. The molecule has 0 amide bonds. The number of nitrogens with two attached hydrogens (primary N) is 1. The van der Waals surface area contributed by atoms with Gasteiger partial charge in [-0.3, -0.25) is 4.79 Å². The molecule has 0 aliphatic heterocycles. The third-order valence-electron chi connectivity index (χ3n) is 3.27. The van der Waals surface area contributed by atoms with Gasteiger partial charge in [-0.1, -0.05) is 0 Å². The smallest absolute Gasteiger partial charge is 0.258 e. The summed E-state index contributed by atoms with van der Waals surface area (Å²) >= 11 is 1.62. The zero-order valence-electron chi connectivity index (χ0n) is 11.8. The van der Waals surface area contributed by atoms with Gasteiger partial charge in [-0.15, -0.1) is 11.3 Å². The van der Waals surface area contributed by atoms with Gasteiger partial charge in [0.25, 0.3) is 5.56 Å². The Bertz CT molecular complexity index is 854. The van der Waals surface area contributed by atoms with Crippen LogP contribution in [0.2, 0.25) is 0 Å². The summed E-state index contributed by atoms with van der Waals surface area (Å²) in [4.78, 5) is 24.9. The minimum atomic E-state index is -0.184. The second-order valence-electron chi connectivity index (χ2n) is 4.87. The van der Waals surface area contributed by atoms with Crippen molar-refractivity contribution in [2.24, 2.45) is 0 Å². The highest BCUT2D eigenvalue weighted by Gasteiger charge is 2.11. The molecule has 0 fully saturated rings. The Labute approximate surface area is 125 Å². The molecule has 0 radical (unpaired) electrons. The van der Waals surface area contributed by atoms with E-state index in [-0.39, 0.29) is 5.56 Å². The number of rotatable bonds is 3. The number of H-pyrrole nitrogens is 1. The first-order valence-corrected chi connectivity index (χ1v) is 7.31. The molecule has 0 saturated heterocycles. The Morgan fingerprint density at radius 2 is 2.24 bits per heavy atom. The maximum atomic E-state index is 11.7. The van der Waals surface area contributed by atoms with Crippen LogP contribution in [0.1, 0.15) is 10.7 Å². The van der Waals surface area contributed by atoms with Crippen LogP contribution in [0.3, 0.4) is 0 Å². The predicted octanol–water partition coefficient (Wildman–Crippen LogP) is 1.91. The van der Waals surface area contributed by atoms with Crippen LogP contribution < -0.4 is 16.2 Å². The molecule has 0 aliphatic rings. The maximum Gasteiger partial charge on any atom is 0.258 e. The summed E-state index contributed by atoms with van der Waals surface area (Å²) in [6, 6.07) is 3.50. The lowest BCUT2D eigenvalue weighted by Crippen LogP contribution is -2.18. The molecule has 0 bridgehead atoms. The van der Waals surface area contributed by atoms with Crippen LogP contribution in [-0.2, 0) is 6.54 Å². The van der Waals surface area contributed by atoms with Gasteiger partial charge in [0.1, 0.15) is 0 Å². The summed E-state index contributed by atoms with van der Waals surface area (Å²) in [5, 5.41) is 3.57. The van der Waals surface area contributed by atoms with Crippen LogP contribution in [0.25, 0.3) is 10.9 Å². The summed E-state index contributed by atoms with van der Waals surface area (Å²) < 4.78 is 0. The highest BCUT2D eigenvalue weighted by Crippen LogP contribution is 2.27. The normalized spacial score (nSPS) is 11.0. The Hall–Kier alpha value is -2.41. The number of aromatic amines is 1.